The summed E-state index contributed by atoms with van der Waals surface area (Å²) < 4.78 is 25.3. The number of hydrogen-bond donors (Lipinski definition) is 0. The molecule has 0 radical (unpaired) electrons. The summed E-state index contributed by atoms with van der Waals surface area (Å²) in [6, 6.07) is 1.76. The summed E-state index contributed by atoms with van der Waals surface area (Å²) in [4.78, 5) is -0.179. The Morgan fingerprint density at radius 1 is 1.50 bits per heavy atom. The molecule has 0 spiro atoms. The molecule has 0 nitrogen and oxygen atoms in total. The molecule has 0 aliphatic rings. The van der Waals surface area contributed by atoms with Crippen LogP contribution in [0.25, 0.3) is 0 Å². The monoisotopic (exact) mass is 318 g/mol. The van der Waals surface area contributed by atoms with Crippen LogP contribution >= 0.6 is 43.2 Å². The van der Waals surface area contributed by atoms with Crippen molar-refractivity contribution >= 4 is 43.2 Å². The van der Waals surface area contributed by atoms with E-state index in [0.717, 1.165) is 9.35 Å². The van der Waals surface area contributed by atoms with Crippen LogP contribution in [-0.4, -0.2) is 6.43 Å². The van der Waals surface area contributed by atoms with Gasteiger partial charge < -0.3 is 0 Å². The smallest absolute Gasteiger partial charge is 0.209 e. The quantitative estimate of drug-likeness (QED) is 0.703. The zero-order valence-corrected chi connectivity index (χ0v) is 10.1. The van der Waals surface area contributed by atoms with Crippen LogP contribution in [0.4, 0.5) is 8.78 Å². The highest BCUT2D eigenvalue weighted by atomic mass is 79.9. The molecule has 0 saturated heterocycles. The number of hydrogen-bond acceptors (Lipinski definition) is 1. The molecule has 1 aromatic rings. The Morgan fingerprint density at radius 3 is 2.42 bits per heavy atom. The van der Waals surface area contributed by atoms with Gasteiger partial charge in [-0.25, -0.2) is 8.78 Å². The summed E-state index contributed by atoms with van der Waals surface area (Å²) in [5, 5.41) is 0. The molecule has 1 aromatic heterocycles. The van der Waals surface area contributed by atoms with E-state index in [0.29, 0.717) is 4.88 Å². The van der Waals surface area contributed by atoms with Gasteiger partial charge in [-0.3, -0.25) is 0 Å². The predicted molar refractivity (Wildman–Crippen MR) is 54.4 cm³/mol. The molecule has 0 bridgehead atoms. The SMILES string of the molecule is Cc1cc(C(Br)C(F)F)sc1Br. The number of rotatable bonds is 2. The lowest BCUT2D eigenvalue weighted by atomic mass is 10.3. The molecule has 0 saturated carbocycles. The summed E-state index contributed by atoms with van der Waals surface area (Å²) in [6.07, 6.45) is -2.35. The van der Waals surface area contributed by atoms with Gasteiger partial charge in [-0.2, -0.15) is 0 Å². The van der Waals surface area contributed by atoms with Gasteiger partial charge in [-0.15, -0.1) is 11.3 Å². The number of thiophene rings is 1. The summed E-state index contributed by atoms with van der Waals surface area (Å²) >= 11 is 7.56. The fourth-order valence-corrected chi connectivity index (χ4v) is 2.71. The van der Waals surface area contributed by atoms with Crippen molar-refractivity contribution < 1.29 is 8.78 Å². The first-order chi connectivity index (χ1) is 5.52. The minimum atomic E-state index is -2.35. The first-order valence-electron chi connectivity index (χ1n) is 3.20. The molecule has 1 heterocycles. The Morgan fingerprint density at radius 2 is 2.08 bits per heavy atom. The van der Waals surface area contributed by atoms with Gasteiger partial charge in [0.15, 0.2) is 0 Å². The molecule has 1 rings (SSSR count). The molecular weight excluding hydrogens is 314 g/mol. The van der Waals surface area contributed by atoms with Gasteiger partial charge >= 0.3 is 0 Å². The fourth-order valence-electron chi connectivity index (χ4n) is 0.744. The van der Waals surface area contributed by atoms with Gasteiger partial charge in [0.25, 0.3) is 6.43 Å². The van der Waals surface area contributed by atoms with E-state index in [1.807, 2.05) is 6.92 Å². The standard InChI is InChI=1S/C7H6Br2F2S/c1-3-2-4(12-6(3)9)5(8)7(10)11/h2,5,7H,1H3. The lowest BCUT2D eigenvalue weighted by Gasteiger charge is -2.03. The van der Waals surface area contributed by atoms with E-state index < -0.39 is 11.3 Å². The second-order valence-electron chi connectivity index (χ2n) is 2.34. The second-order valence-corrected chi connectivity index (χ2v) is 5.73. The van der Waals surface area contributed by atoms with Crippen LogP contribution in [-0.2, 0) is 0 Å². The average Bonchev–Trinajstić information content (AvgIpc) is 2.30. The van der Waals surface area contributed by atoms with Gasteiger partial charge in [0.1, 0.15) is 4.83 Å². The first kappa shape index (κ1) is 10.6. The van der Waals surface area contributed by atoms with Crippen molar-refractivity contribution in [2.45, 2.75) is 18.2 Å². The maximum absolute atomic E-state index is 12.2. The highest BCUT2D eigenvalue weighted by molar-refractivity contribution is 9.11. The van der Waals surface area contributed by atoms with Crippen LogP contribution in [0.2, 0.25) is 0 Å². The van der Waals surface area contributed by atoms with E-state index in [4.69, 9.17) is 0 Å². The summed E-state index contributed by atoms with van der Waals surface area (Å²) in [6.45, 7) is 1.88. The minimum Gasteiger partial charge on any atom is -0.209 e. The van der Waals surface area contributed by atoms with Crippen LogP contribution in [0.3, 0.4) is 0 Å². The van der Waals surface area contributed by atoms with Crippen molar-refractivity contribution in [3.63, 3.8) is 0 Å². The maximum Gasteiger partial charge on any atom is 0.255 e. The normalized spacial score (nSPS) is 13.8. The Kier molecular flexibility index (Phi) is 3.67. The van der Waals surface area contributed by atoms with Gasteiger partial charge in [-0.05, 0) is 34.5 Å². The molecule has 0 aliphatic heterocycles. The number of halogens is 4. The van der Waals surface area contributed by atoms with Crippen LogP contribution in [0.5, 0.6) is 0 Å². The molecule has 0 fully saturated rings. The van der Waals surface area contributed by atoms with E-state index in [1.54, 1.807) is 6.07 Å². The molecule has 1 unspecified atom stereocenters. The van der Waals surface area contributed by atoms with Crippen molar-refractivity contribution in [3.8, 4) is 0 Å². The van der Waals surface area contributed by atoms with Gasteiger partial charge in [0, 0.05) is 4.88 Å². The third-order valence-corrected chi connectivity index (χ3v) is 4.78. The second kappa shape index (κ2) is 4.15. The van der Waals surface area contributed by atoms with Crippen LogP contribution < -0.4 is 0 Å². The topological polar surface area (TPSA) is 0 Å². The average molecular weight is 320 g/mol. The molecule has 1 atom stereocenters. The Balaban J connectivity index is 2.89. The third kappa shape index (κ3) is 2.26. The third-order valence-electron chi connectivity index (χ3n) is 1.37. The first-order valence-corrected chi connectivity index (χ1v) is 5.73. The fraction of sp³-hybridized carbons (Fsp3) is 0.429. The molecule has 5 heteroatoms. The van der Waals surface area contributed by atoms with E-state index in [-0.39, 0.29) is 0 Å². The maximum atomic E-state index is 12.2. The molecule has 0 aromatic carbocycles. The molecular formula is C7H6Br2F2S. The van der Waals surface area contributed by atoms with Crippen LogP contribution in [0, 0.1) is 6.92 Å². The molecule has 0 aliphatic carbocycles. The molecule has 0 amide bonds. The van der Waals surface area contributed by atoms with Crippen molar-refractivity contribution in [2.24, 2.45) is 0 Å². The molecule has 68 valence electrons. The zero-order valence-electron chi connectivity index (χ0n) is 6.15. The van der Waals surface area contributed by atoms with Gasteiger partial charge in [0.05, 0.1) is 3.79 Å². The van der Waals surface area contributed by atoms with Gasteiger partial charge in [-0.1, -0.05) is 15.9 Å². The van der Waals surface area contributed by atoms with Crippen LogP contribution in [0.15, 0.2) is 9.85 Å². The lowest BCUT2D eigenvalue weighted by molar-refractivity contribution is 0.148. The number of alkyl halides is 3. The Labute approximate surface area is 90.2 Å². The predicted octanol–water partition coefficient (Wildman–Crippen LogP) is 4.52. The zero-order chi connectivity index (χ0) is 9.30. The van der Waals surface area contributed by atoms with E-state index in [2.05, 4.69) is 31.9 Å². The van der Waals surface area contributed by atoms with Crippen molar-refractivity contribution in [1.29, 1.82) is 0 Å². The molecule has 0 N–H and O–H groups in total. The summed E-state index contributed by atoms with van der Waals surface area (Å²) in [7, 11) is 0. The largest absolute Gasteiger partial charge is 0.255 e. The van der Waals surface area contributed by atoms with E-state index >= 15 is 0 Å². The summed E-state index contributed by atoms with van der Waals surface area (Å²) in [5.41, 5.74) is 1.00. The summed E-state index contributed by atoms with van der Waals surface area (Å²) in [5.74, 6) is 0. The van der Waals surface area contributed by atoms with Crippen molar-refractivity contribution in [2.75, 3.05) is 0 Å². The highest BCUT2D eigenvalue weighted by Gasteiger charge is 2.21. The number of aryl methyl sites for hydroxylation is 1. The van der Waals surface area contributed by atoms with E-state index in [1.165, 1.54) is 11.3 Å². The Bertz CT molecular complexity index is 253. The molecule has 12 heavy (non-hydrogen) atoms. The van der Waals surface area contributed by atoms with Crippen molar-refractivity contribution in [3.05, 3.63) is 20.3 Å². The Hall–Kier alpha value is 0.520. The lowest BCUT2D eigenvalue weighted by Crippen LogP contribution is -1.98. The van der Waals surface area contributed by atoms with E-state index in [9.17, 15) is 8.78 Å². The minimum absolute atomic E-state index is 0.661. The van der Waals surface area contributed by atoms with Crippen molar-refractivity contribution in [1.82, 2.24) is 0 Å². The highest BCUT2D eigenvalue weighted by Crippen LogP contribution is 2.38. The van der Waals surface area contributed by atoms with Crippen LogP contribution in [0.1, 0.15) is 15.3 Å². The van der Waals surface area contributed by atoms with Gasteiger partial charge in [0.2, 0.25) is 0 Å².